The highest BCUT2D eigenvalue weighted by molar-refractivity contribution is 5.89. The lowest BCUT2D eigenvalue weighted by Crippen LogP contribution is -2.61. The molecule has 0 unspecified atom stereocenters. The van der Waals surface area contributed by atoms with Crippen LogP contribution < -0.4 is 14.9 Å². The zero-order chi connectivity index (χ0) is 31.2. The summed E-state index contributed by atoms with van der Waals surface area (Å²) in [6, 6.07) is 8.18. The Labute approximate surface area is 243 Å². The number of phenolic OH excluding ortho intramolecular Hbond substituents is 2. The van der Waals surface area contributed by atoms with E-state index in [0.717, 1.165) is 6.07 Å². The molecule has 5 rings (SSSR count). The Morgan fingerprint density at radius 2 is 1.47 bits per heavy atom. The van der Waals surface area contributed by atoms with Crippen LogP contribution in [0.2, 0.25) is 0 Å². The van der Waals surface area contributed by atoms with Gasteiger partial charge in [-0.25, -0.2) is 0 Å². The van der Waals surface area contributed by atoms with E-state index in [1.165, 1.54) is 44.4 Å². The zero-order valence-corrected chi connectivity index (χ0v) is 22.9. The number of rotatable bonds is 7. The molecular weight excluding hydrogens is 576 g/mol. The monoisotopic (exact) mass is 608 g/mol. The summed E-state index contributed by atoms with van der Waals surface area (Å²) in [6.45, 7) is 0.932. The van der Waals surface area contributed by atoms with Crippen LogP contribution in [0.15, 0.2) is 45.6 Å². The summed E-state index contributed by atoms with van der Waals surface area (Å²) in [5.74, 6) is -1.10. The molecule has 0 spiro atoms. The van der Waals surface area contributed by atoms with E-state index in [-0.39, 0.29) is 34.0 Å². The number of hydrogen-bond donors (Lipinski definition) is 8. The SMILES string of the molecule is COc1c(O[C@@H]2O[C@H](CO[C@@H]3O[C@@H](C)[C@H](O)[C@@H](O)[C@H]3O)[C@@H](O)[C@H](O)[C@H]2O)cc2oc(-c3ccc(O)cc3)cc(=O)c2c1O. The molecule has 2 aromatic carbocycles. The van der Waals surface area contributed by atoms with E-state index in [2.05, 4.69) is 0 Å². The van der Waals surface area contributed by atoms with Crippen molar-refractivity contribution >= 4 is 11.0 Å². The van der Waals surface area contributed by atoms with Gasteiger partial charge in [0, 0.05) is 17.7 Å². The molecule has 0 radical (unpaired) electrons. The zero-order valence-electron chi connectivity index (χ0n) is 22.9. The fourth-order valence-electron chi connectivity index (χ4n) is 4.93. The van der Waals surface area contributed by atoms with E-state index in [1.54, 1.807) is 0 Å². The predicted molar refractivity (Wildman–Crippen MR) is 143 cm³/mol. The minimum Gasteiger partial charge on any atom is -0.508 e. The van der Waals surface area contributed by atoms with Crippen molar-refractivity contribution in [1.82, 2.24) is 0 Å². The largest absolute Gasteiger partial charge is 0.508 e. The second-order valence-electron chi connectivity index (χ2n) is 10.3. The Hall–Kier alpha value is -3.51. The molecule has 2 saturated heterocycles. The summed E-state index contributed by atoms with van der Waals surface area (Å²) in [6.07, 6.45) is -15.3. The van der Waals surface area contributed by atoms with Gasteiger partial charge in [0.15, 0.2) is 23.2 Å². The van der Waals surface area contributed by atoms with Gasteiger partial charge in [-0.2, -0.15) is 0 Å². The summed E-state index contributed by atoms with van der Waals surface area (Å²) in [5, 5.41) is 81.9. The topological polar surface area (TPSA) is 238 Å². The van der Waals surface area contributed by atoms with Crippen LogP contribution in [0.25, 0.3) is 22.3 Å². The van der Waals surface area contributed by atoms with Gasteiger partial charge in [-0.15, -0.1) is 0 Å². The lowest BCUT2D eigenvalue weighted by molar-refractivity contribution is -0.318. The minimum atomic E-state index is -1.82. The van der Waals surface area contributed by atoms with Crippen LogP contribution in [0, 0.1) is 0 Å². The summed E-state index contributed by atoms with van der Waals surface area (Å²) >= 11 is 0. The van der Waals surface area contributed by atoms with Crippen molar-refractivity contribution in [3.63, 3.8) is 0 Å². The van der Waals surface area contributed by atoms with Gasteiger partial charge in [0.05, 0.1) is 19.8 Å². The third-order valence-electron chi connectivity index (χ3n) is 7.41. The Kier molecular flexibility index (Phi) is 8.80. The Morgan fingerprint density at radius 1 is 0.814 bits per heavy atom. The molecule has 1 aromatic heterocycles. The van der Waals surface area contributed by atoms with Gasteiger partial charge in [-0.3, -0.25) is 4.79 Å². The summed E-state index contributed by atoms with van der Waals surface area (Å²) in [7, 11) is 1.19. The van der Waals surface area contributed by atoms with E-state index in [9.17, 15) is 45.6 Å². The highest BCUT2D eigenvalue weighted by atomic mass is 16.7. The first-order chi connectivity index (χ1) is 20.4. The summed E-state index contributed by atoms with van der Waals surface area (Å²) in [5.41, 5.74) is -0.299. The molecule has 2 aliphatic rings. The Balaban J connectivity index is 1.41. The molecular formula is C28H32O15. The average molecular weight is 609 g/mol. The molecule has 15 nitrogen and oxygen atoms in total. The lowest BCUT2D eigenvalue weighted by Gasteiger charge is -2.42. The van der Waals surface area contributed by atoms with Crippen LogP contribution in [0.3, 0.4) is 0 Å². The standard InChI is InChI=1S/C28H32O15/c1-10-19(31)22(34)24(36)27(40-10)39-9-17-20(32)23(35)25(37)28(43-17)42-16-8-15-18(21(33)26(16)38-2)13(30)7-14(41-15)11-3-5-12(29)6-4-11/h3-8,10,17,19-20,22-25,27-29,31-37H,9H2,1-2H3/t10-,17+,19-,20+,22+,23-,24+,25+,27+,28+/m0/s1. The molecule has 2 aliphatic heterocycles. The second-order valence-corrected chi connectivity index (χ2v) is 10.3. The maximum absolute atomic E-state index is 12.9. The second kappa shape index (κ2) is 12.2. The van der Waals surface area contributed by atoms with Crippen LogP contribution >= 0.6 is 0 Å². The van der Waals surface area contributed by atoms with Crippen molar-refractivity contribution in [2.45, 2.75) is 68.3 Å². The fraction of sp³-hybridized carbons (Fsp3) is 0.464. The number of hydrogen-bond acceptors (Lipinski definition) is 15. The van der Waals surface area contributed by atoms with E-state index in [4.69, 9.17) is 28.1 Å². The molecule has 2 fully saturated rings. The van der Waals surface area contributed by atoms with Gasteiger partial charge >= 0.3 is 0 Å². The first kappa shape index (κ1) is 30.9. The summed E-state index contributed by atoms with van der Waals surface area (Å²) < 4.78 is 33.3. The molecule has 0 aliphatic carbocycles. The molecule has 0 bridgehead atoms. The third kappa shape index (κ3) is 5.86. The number of aliphatic hydroxyl groups excluding tert-OH is 6. The minimum absolute atomic E-state index is 0.000367. The first-order valence-corrected chi connectivity index (χ1v) is 13.3. The molecule has 43 heavy (non-hydrogen) atoms. The van der Waals surface area contributed by atoms with Crippen molar-refractivity contribution < 1.29 is 69.0 Å². The van der Waals surface area contributed by atoms with Crippen LogP contribution in [-0.4, -0.2) is 116 Å². The van der Waals surface area contributed by atoms with Crippen LogP contribution in [0.1, 0.15) is 6.92 Å². The smallest absolute Gasteiger partial charge is 0.229 e. The number of aliphatic hydroxyl groups is 6. The van der Waals surface area contributed by atoms with Crippen molar-refractivity contribution in [1.29, 1.82) is 0 Å². The Bertz CT molecular complexity index is 1490. The predicted octanol–water partition coefficient (Wildman–Crippen LogP) is -1.09. The molecule has 0 amide bonds. The Morgan fingerprint density at radius 3 is 2.14 bits per heavy atom. The van der Waals surface area contributed by atoms with Gasteiger partial charge < -0.3 is 69.0 Å². The van der Waals surface area contributed by atoms with Gasteiger partial charge in [0.2, 0.25) is 12.0 Å². The first-order valence-electron chi connectivity index (χ1n) is 13.3. The van der Waals surface area contributed by atoms with Crippen molar-refractivity contribution in [3.8, 4) is 34.3 Å². The quantitative estimate of drug-likeness (QED) is 0.159. The van der Waals surface area contributed by atoms with E-state index in [1.807, 2.05) is 0 Å². The number of ether oxygens (including phenoxy) is 5. The van der Waals surface area contributed by atoms with E-state index in [0.29, 0.717) is 5.56 Å². The van der Waals surface area contributed by atoms with Gasteiger partial charge in [-0.05, 0) is 31.2 Å². The maximum Gasteiger partial charge on any atom is 0.229 e. The molecule has 0 saturated carbocycles. The number of benzene rings is 2. The maximum atomic E-state index is 12.9. The normalized spacial score (nSPS) is 32.9. The molecule has 15 heteroatoms. The average Bonchev–Trinajstić information content (AvgIpc) is 2.98. The van der Waals surface area contributed by atoms with E-state index < -0.39 is 79.2 Å². The summed E-state index contributed by atoms with van der Waals surface area (Å²) in [4.78, 5) is 12.9. The molecule has 3 aromatic rings. The molecule has 8 N–H and O–H groups in total. The number of phenols is 2. The van der Waals surface area contributed by atoms with Crippen LogP contribution in [0.4, 0.5) is 0 Å². The lowest BCUT2D eigenvalue weighted by atomic mass is 9.98. The molecule has 3 heterocycles. The van der Waals surface area contributed by atoms with Crippen LogP contribution in [-0.2, 0) is 14.2 Å². The van der Waals surface area contributed by atoms with Gasteiger partial charge in [-0.1, -0.05) is 0 Å². The molecule has 10 atom stereocenters. The number of fused-ring (bicyclic) bond motifs is 1. The molecule has 234 valence electrons. The van der Waals surface area contributed by atoms with Crippen LogP contribution in [0.5, 0.6) is 23.0 Å². The number of methoxy groups -OCH3 is 1. The van der Waals surface area contributed by atoms with Crippen molar-refractivity contribution in [3.05, 3.63) is 46.6 Å². The highest BCUT2D eigenvalue weighted by Gasteiger charge is 2.47. The van der Waals surface area contributed by atoms with Crippen molar-refractivity contribution in [2.75, 3.05) is 13.7 Å². The van der Waals surface area contributed by atoms with Gasteiger partial charge in [0.1, 0.15) is 65.2 Å². The number of aromatic hydroxyl groups is 2. The van der Waals surface area contributed by atoms with Crippen molar-refractivity contribution in [2.24, 2.45) is 0 Å². The third-order valence-corrected chi connectivity index (χ3v) is 7.41. The highest BCUT2D eigenvalue weighted by Crippen LogP contribution is 2.43. The van der Waals surface area contributed by atoms with Gasteiger partial charge in [0.25, 0.3) is 0 Å². The fourth-order valence-corrected chi connectivity index (χ4v) is 4.93. The van der Waals surface area contributed by atoms with E-state index >= 15 is 0 Å².